The van der Waals surface area contributed by atoms with Crippen molar-refractivity contribution in [2.75, 3.05) is 11.4 Å². The minimum absolute atomic E-state index is 0.0906. The molecule has 20 heavy (non-hydrogen) atoms. The Morgan fingerprint density at radius 1 is 1.20 bits per heavy atom. The molecule has 3 N–H and O–H groups in total. The largest absolute Gasteiger partial charge is 0.384 e. The predicted octanol–water partition coefficient (Wildman–Crippen LogP) is 3.76. The van der Waals surface area contributed by atoms with Crippen molar-refractivity contribution >= 4 is 27.5 Å². The summed E-state index contributed by atoms with van der Waals surface area (Å²) in [5, 5.41) is 7.75. The van der Waals surface area contributed by atoms with Crippen molar-refractivity contribution in [2.24, 2.45) is 5.73 Å². The molecule has 0 heterocycles. The van der Waals surface area contributed by atoms with Crippen molar-refractivity contribution in [1.82, 2.24) is 0 Å². The van der Waals surface area contributed by atoms with E-state index in [9.17, 15) is 0 Å². The van der Waals surface area contributed by atoms with Gasteiger partial charge in [-0.2, -0.15) is 0 Å². The molecule has 3 nitrogen and oxygen atoms in total. The molecule has 2 aromatic carbocycles. The summed E-state index contributed by atoms with van der Waals surface area (Å²) >= 11 is 3.43. The molecule has 0 bridgehead atoms. The third-order valence-corrected chi connectivity index (χ3v) is 3.68. The van der Waals surface area contributed by atoms with Crippen LogP contribution in [0.3, 0.4) is 0 Å². The van der Waals surface area contributed by atoms with Crippen LogP contribution in [-0.4, -0.2) is 12.4 Å². The molecule has 2 rings (SSSR count). The number of hydrogen-bond donors (Lipinski definition) is 2. The van der Waals surface area contributed by atoms with Crippen LogP contribution in [0.4, 0.5) is 5.69 Å². The lowest BCUT2D eigenvalue weighted by Gasteiger charge is -2.25. The van der Waals surface area contributed by atoms with Crippen molar-refractivity contribution < 1.29 is 0 Å². The standard InChI is InChI=1S/C16H18BrN3/c1-2-20(11-12-6-4-3-5-7-12)15-9-8-13(17)10-14(15)16(18)19/h3-10H,2,11H2,1H3,(H3,18,19). The van der Waals surface area contributed by atoms with Gasteiger partial charge in [0.05, 0.1) is 0 Å². The quantitative estimate of drug-likeness (QED) is 0.647. The maximum atomic E-state index is 7.75. The van der Waals surface area contributed by atoms with Crippen LogP contribution in [0.25, 0.3) is 0 Å². The average Bonchev–Trinajstić information content (AvgIpc) is 2.46. The second-order valence-electron chi connectivity index (χ2n) is 4.57. The second-order valence-corrected chi connectivity index (χ2v) is 5.49. The molecule has 0 aliphatic rings. The van der Waals surface area contributed by atoms with Gasteiger partial charge in [-0.05, 0) is 30.7 Å². The van der Waals surface area contributed by atoms with Crippen LogP contribution in [0.15, 0.2) is 53.0 Å². The fraction of sp³-hybridized carbons (Fsp3) is 0.188. The molecule has 2 aromatic rings. The van der Waals surface area contributed by atoms with E-state index in [1.165, 1.54) is 5.56 Å². The normalized spacial score (nSPS) is 10.3. The van der Waals surface area contributed by atoms with Crippen LogP contribution in [0, 0.1) is 5.41 Å². The monoisotopic (exact) mass is 331 g/mol. The van der Waals surface area contributed by atoms with Crippen molar-refractivity contribution in [1.29, 1.82) is 5.41 Å². The molecule has 4 heteroatoms. The molecule has 104 valence electrons. The summed E-state index contributed by atoms with van der Waals surface area (Å²) in [5.74, 6) is 0.0906. The average molecular weight is 332 g/mol. The molecular formula is C16H18BrN3. The Morgan fingerprint density at radius 3 is 2.50 bits per heavy atom. The van der Waals surface area contributed by atoms with E-state index >= 15 is 0 Å². The van der Waals surface area contributed by atoms with Gasteiger partial charge in [0.15, 0.2) is 0 Å². The lowest BCUT2D eigenvalue weighted by Crippen LogP contribution is -2.25. The zero-order chi connectivity index (χ0) is 14.5. The Kier molecular flexibility index (Phi) is 4.79. The fourth-order valence-electron chi connectivity index (χ4n) is 2.17. The Labute approximate surface area is 128 Å². The van der Waals surface area contributed by atoms with Gasteiger partial charge in [0, 0.05) is 28.8 Å². The highest BCUT2D eigenvalue weighted by molar-refractivity contribution is 9.10. The third-order valence-electron chi connectivity index (χ3n) is 3.19. The first-order valence-electron chi connectivity index (χ1n) is 6.54. The van der Waals surface area contributed by atoms with E-state index in [0.29, 0.717) is 0 Å². The van der Waals surface area contributed by atoms with Gasteiger partial charge >= 0.3 is 0 Å². The minimum atomic E-state index is 0.0906. The topological polar surface area (TPSA) is 53.1 Å². The predicted molar refractivity (Wildman–Crippen MR) is 88.3 cm³/mol. The van der Waals surface area contributed by atoms with E-state index in [1.54, 1.807) is 0 Å². The maximum Gasteiger partial charge on any atom is 0.124 e. The molecule has 0 fully saturated rings. The SMILES string of the molecule is CCN(Cc1ccccc1)c1ccc(Br)cc1C(=N)N. The van der Waals surface area contributed by atoms with Gasteiger partial charge in [-0.25, -0.2) is 0 Å². The zero-order valence-corrected chi connectivity index (χ0v) is 13.0. The van der Waals surface area contributed by atoms with E-state index < -0.39 is 0 Å². The molecule has 0 aromatic heterocycles. The van der Waals surface area contributed by atoms with Gasteiger partial charge < -0.3 is 10.6 Å². The summed E-state index contributed by atoms with van der Waals surface area (Å²) < 4.78 is 0.933. The van der Waals surface area contributed by atoms with E-state index in [0.717, 1.165) is 28.8 Å². The Morgan fingerprint density at radius 2 is 1.90 bits per heavy atom. The van der Waals surface area contributed by atoms with Gasteiger partial charge in [0.2, 0.25) is 0 Å². The summed E-state index contributed by atoms with van der Waals surface area (Å²) in [6.45, 7) is 3.77. The smallest absolute Gasteiger partial charge is 0.124 e. The zero-order valence-electron chi connectivity index (χ0n) is 11.4. The number of nitrogens with zero attached hydrogens (tertiary/aromatic N) is 1. The van der Waals surface area contributed by atoms with E-state index in [1.807, 2.05) is 36.4 Å². The highest BCUT2D eigenvalue weighted by atomic mass is 79.9. The highest BCUT2D eigenvalue weighted by Gasteiger charge is 2.12. The van der Waals surface area contributed by atoms with Crippen LogP contribution in [0.2, 0.25) is 0 Å². The summed E-state index contributed by atoms with van der Waals surface area (Å²) in [6, 6.07) is 16.2. The Balaban J connectivity index is 2.34. The minimum Gasteiger partial charge on any atom is -0.384 e. The number of nitrogen functional groups attached to an aromatic ring is 1. The number of benzene rings is 2. The number of anilines is 1. The number of amidine groups is 1. The van der Waals surface area contributed by atoms with Crippen LogP contribution < -0.4 is 10.6 Å². The first-order valence-corrected chi connectivity index (χ1v) is 7.34. The number of rotatable bonds is 5. The van der Waals surface area contributed by atoms with Crippen molar-refractivity contribution in [3.8, 4) is 0 Å². The van der Waals surface area contributed by atoms with E-state index in [-0.39, 0.29) is 5.84 Å². The van der Waals surface area contributed by atoms with Crippen LogP contribution in [-0.2, 0) is 6.54 Å². The number of hydrogen-bond acceptors (Lipinski definition) is 2. The maximum absolute atomic E-state index is 7.75. The number of nitrogens with two attached hydrogens (primary N) is 1. The molecule has 0 radical (unpaired) electrons. The van der Waals surface area contributed by atoms with Crippen LogP contribution >= 0.6 is 15.9 Å². The Bertz CT molecular complexity index is 596. The second kappa shape index (κ2) is 6.57. The van der Waals surface area contributed by atoms with Crippen LogP contribution in [0.5, 0.6) is 0 Å². The van der Waals surface area contributed by atoms with Crippen molar-refractivity contribution in [3.63, 3.8) is 0 Å². The lowest BCUT2D eigenvalue weighted by molar-refractivity contribution is 0.830. The molecule has 0 saturated heterocycles. The highest BCUT2D eigenvalue weighted by Crippen LogP contribution is 2.25. The number of nitrogens with one attached hydrogen (secondary N) is 1. The first kappa shape index (κ1) is 14.6. The number of halogens is 1. The summed E-state index contributed by atoms with van der Waals surface area (Å²) in [6.07, 6.45) is 0. The van der Waals surface area contributed by atoms with Gasteiger partial charge in [-0.3, -0.25) is 5.41 Å². The fourth-order valence-corrected chi connectivity index (χ4v) is 2.53. The van der Waals surface area contributed by atoms with E-state index in [4.69, 9.17) is 11.1 Å². The molecule has 0 amide bonds. The molecule has 0 saturated carbocycles. The summed E-state index contributed by atoms with van der Waals surface area (Å²) in [5.41, 5.74) is 8.70. The van der Waals surface area contributed by atoms with Gasteiger partial charge in [0.1, 0.15) is 5.84 Å². The Hall–Kier alpha value is -1.81. The van der Waals surface area contributed by atoms with Gasteiger partial charge in [-0.15, -0.1) is 0 Å². The van der Waals surface area contributed by atoms with Crippen molar-refractivity contribution in [3.05, 3.63) is 64.1 Å². The lowest BCUT2D eigenvalue weighted by atomic mass is 10.1. The molecule has 0 spiro atoms. The van der Waals surface area contributed by atoms with Crippen LogP contribution in [0.1, 0.15) is 18.1 Å². The van der Waals surface area contributed by atoms with Gasteiger partial charge in [0.25, 0.3) is 0 Å². The molecule has 0 atom stereocenters. The van der Waals surface area contributed by atoms with E-state index in [2.05, 4.69) is 39.9 Å². The summed E-state index contributed by atoms with van der Waals surface area (Å²) in [7, 11) is 0. The molecule has 0 unspecified atom stereocenters. The molecule has 0 aliphatic carbocycles. The third kappa shape index (κ3) is 3.39. The first-order chi connectivity index (χ1) is 9.61. The van der Waals surface area contributed by atoms with Crippen molar-refractivity contribution in [2.45, 2.75) is 13.5 Å². The summed E-state index contributed by atoms with van der Waals surface area (Å²) in [4.78, 5) is 2.22. The molecular weight excluding hydrogens is 314 g/mol. The molecule has 0 aliphatic heterocycles. The van der Waals surface area contributed by atoms with Gasteiger partial charge in [-0.1, -0.05) is 46.3 Å².